The second kappa shape index (κ2) is 7.03. The van der Waals surface area contributed by atoms with Gasteiger partial charge < -0.3 is 4.90 Å². The number of hydrogen-bond acceptors (Lipinski definition) is 1. The first-order valence-corrected chi connectivity index (χ1v) is 7.32. The first-order chi connectivity index (χ1) is 8.02. The molecule has 0 atom stereocenters. The molecule has 1 fully saturated rings. The van der Waals surface area contributed by atoms with Crippen molar-refractivity contribution in [2.45, 2.75) is 72.3 Å². The van der Waals surface area contributed by atoms with Gasteiger partial charge in [0.2, 0.25) is 5.91 Å². The van der Waals surface area contributed by atoms with Crippen molar-refractivity contribution in [2.75, 3.05) is 6.54 Å². The number of carbonyl (C=O) groups excluding carboxylic acids is 1. The molecule has 2 nitrogen and oxygen atoms in total. The van der Waals surface area contributed by atoms with Gasteiger partial charge in [-0.25, -0.2) is 0 Å². The van der Waals surface area contributed by atoms with Crippen molar-refractivity contribution in [3.8, 4) is 0 Å². The highest BCUT2D eigenvalue weighted by Crippen LogP contribution is 2.24. The maximum absolute atomic E-state index is 12.3. The number of hydrogen-bond donors (Lipinski definition) is 0. The Morgan fingerprint density at radius 1 is 1.12 bits per heavy atom. The van der Waals surface area contributed by atoms with Crippen molar-refractivity contribution in [1.29, 1.82) is 0 Å². The van der Waals surface area contributed by atoms with Crippen LogP contribution in [0.4, 0.5) is 0 Å². The molecule has 0 saturated heterocycles. The van der Waals surface area contributed by atoms with E-state index in [1.54, 1.807) is 0 Å². The smallest absolute Gasteiger partial charge is 0.225 e. The summed E-state index contributed by atoms with van der Waals surface area (Å²) < 4.78 is 0. The monoisotopic (exact) mass is 239 g/mol. The van der Waals surface area contributed by atoms with Crippen molar-refractivity contribution in [1.82, 2.24) is 4.90 Å². The SMILES string of the molecule is CC(C)CCN(C(=O)C(C)C)C1CCCCC1. The minimum absolute atomic E-state index is 0.143. The molecule has 100 valence electrons. The maximum atomic E-state index is 12.3. The van der Waals surface area contributed by atoms with Crippen LogP contribution in [0, 0.1) is 11.8 Å². The highest BCUT2D eigenvalue weighted by molar-refractivity contribution is 5.78. The Kier molecular flexibility index (Phi) is 6.01. The number of carbonyl (C=O) groups is 1. The Morgan fingerprint density at radius 2 is 1.71 bits per heavy atom. The van der Waals surface area contributed by atoms with Crippen molar-refractivity contribution in [3.05, 3.63) is 0 Å². The molecule has 0 radical (unpaired) electrons. The van der Waals surface area contributed by atoms with Crippen molar-refractivity contribution < 1.29 is 4.79 Å². The van der Waals surface area contributed by atoms with Gasteiger partial charge in [0.15, 0.2) is 0 Å². The summed E-state index contributed by atoms with van der Waals surface area (Å²) in [6.07, 6.45) is 7.52. The first kappa shape index (κ1) is 14.5. The van der Waals surface area contributed by atoms with E-state index in [4.69, 9.17) is 0 Å². The summed E-state index contributed by atoms with van der Waals surface area (Å²) in [6.45, 7) is 9.47. The Bertz CT molecular complexity index is 229. The fraction of sp³-hybridized carbons (Fsp3) is 0.933. The zero-order valence-electron chi connectivity index (χ0n) is 12.0. The molecule has 0 heterocycles. The lowest BCUT2D eigenvalue weighted by Gasteiger charge is -2.36. The van der Waals surface area contributed by atoms with Gasteiger partial charge in [-0.15, -0.1) is 0 Å². The van der Waals surface area contributed by atoms with Crippen molar-refractivity contribution >= 4 is 5.91 Å². The van der Waals surface area contributed by atoms with Crippen molar-refractivity contribution in [2.24, 2.45) is 11.8 Å². The largest absolute Gasteiger partial charge is 0.339 e. The summed E-state index contributed by atoms with van der Waals surface area (Å²) in [5.74, 6) is 1.18. The Labute approximate surface area is 107 Å². The van der Waals surface area contributed by atoms with Crippen LogP contribution in [-0.4, -0.2) is 23.4 Å². The van der Waals surface area contributed by atoms with Gasteiger partial charge in [0.25, 0.3) is 0 Å². The number of nitrogens with zero attached hydrogens (tertiary/aromatic N) is 1. The molecule has 0 aromatic carbocycles. The van der Waals surface area contributed by atoms with Crippen LogP contribution >= 0.6 is 0 Å². The lowest BCUT2D eigenvalue weighted by molar-refractivity contribution is -0.137. The summed E-state index contributed by atoms with van der Waals surface area (Å²) in [5.41, 5.74) is 0. The van der Waals surface area contributed by atoms with Crippen molar-refractivity contribution in [3.63, 3.8) is 0 Å². The van der Waals surface area contributed by atoms with E-state index < -0.39 is 0 Å². The fourth-order valence-electron chi connectivity index (χ4n) is 2.59. The second-order valence-corrected chi connectivity index (χ2v) is 6.16. The Morgan fingerprint density at radius 3 is 2.18 bits per heavy atom. The van der Waals surface area contributed by atoms with E-state index in [2.05, 4.69) is 18.7 Å². The van der Waals surface area contributed by atoms with E-state index in [0.29, 0.717) is 17.9 Å². The predicted molar refractivity (Wildman–Crippen MR) is 72.9 cm³/mol. The summed E-state index contributed by atoms with van der Waals surface area (Å²) in [4.78, 5) is 14.5. The van der Waals surface area contributed by atoms with E-state index in [0.717, 1.165) is 13.0 Å². The third-order valence-corrected chi connectivity index (χ3v) is 3.74. The van der Waals surface area contributed by atoms with E-state index in [1.807, 2.05) is 13.8 Å². The fourth-order valence-corrected chi connectivity index (χ4v) is 2.59. The van der Waals surface area contributed by atoms with Crippen LogP contribution in [-0.2, 0) is 4.79 Å². The van der Waals surface area contributed by atoms with Crippen LogP contribution in [0.3, 0.4) is 0 Å². The Hall–Kier alpha value is -0.530. The third kappa shape index (κ3) is 4.69. The van der Waals surface area contributed by atoms with Gasteiger partial charge in [-0.3, -0.25) is 4.79 Å². The molecule has 0 unspecified atom stereocenters. The minimum atomic E-state index is 0.143. The molecule has 0 bridgehead atoms. The molecule has 1 rings (SSSR count). The minimum Gasteiger partial charge on any atom is -0.339 e. The summed E-state index contributed by atoms with van der Waals surface area (Å²) in [7, 11) is 0. The van der Waals surface area contributed by atoms with Gasteiger partial charge >= 0.3 is 0 Å². The average molecular weight is 239 g/mol. The quantitative estimate of drug-likeness (QED) is 0.713. The Balaban J connectivity index is 2.59. The summed E-state index contributed by atoms with van der Waals surface area (Å²) in [6, 6.07) is 0.525. The van der Waals surface area contributed by atoms with Gasteiger partial charge in [-0.2, -0.15) is 0 Å². The molecule has 0 aromatic rings. The normalized spacial score (nSPS) is 17.8. The zero-order chi connectivity index (χ0) is 12.8. The number of amides is 1. The van der Waals surface area contributed by atoms with Gasteiger partial charge in [-0.05, 0) is 25.2 Å². The zero-order valence-corrected chi connectivity index (χ0v) is 12.0. The molecule has 0 aliphatic heterocycles. The van der Waals surface area contributed by atoms with Gasteiger partial charge in [0.05, 0.1) is 0 Å². The molecular formula is C15H29NO. The van der Waals surface area contributed by atoms with Crippen LogP contribution in [0.15, 0.2) is 0 Å². The van der Waals surface area contributed by atoms with E-state index in [9.17, 15) is 4.79 Å². The van der Waals surface area contributed by atoms with E-state index in [1.165, 1.54) is 32.1 Å². The van der Waals surface area contributed by atoms with Gasteiger partial charge in [-0.1, -0.05) is 47.0 Å². The van der Waals surface area contributed by atoms with Crippen LogP contribution in [0.2, 0.25) is 0 Å². The standard InChI is InChI=1S/C15H29NO/c1-12(2)10-11-16(15(17)13(3)4)14-8-6-5-7-9-14/h12-14H,5-11H2,1-4H3. The molecule has 1 aliphatic carbocycles. The highest BCUT2D eigenvalue weighted by Gasteiger charge is 2.26. The predicted octanol–water partition coefficient (Wildman–Crippen LogP) is 3.85. The second-order valence-electron chi connectivity index (χ2n) is 6.16. The van der Waals surface area contributed by atoms with E-state index in [-0.39, 0.29) is 5.92 Å². The molecule has 17 heavy (non-hydrogen) atoms. The molecule has 2 heteroatoms. The van der Waals surface area contributed by atoms with Crippen LogP contribution in [0.1, 0.15) is 66.2 Å². The number of rotatable bonds is 5. The topological polar surface area (TPSA) is 20.3 Å². The molecule has 1 aliphatic rings. The summed E-state index contributed by atoms with van der Waals surface area (Å²) in [5, 5.41) is 0. The lowest BCUT2D eigenvalue weighted by Crippen LogP contribution is -2.44. The van der Waals surface area contributed by atoms with Crippen LogP contribution < -0.4 is 0 Å². The van der Waals surface area contributed by atoms with Crippen LogP contribution in [0.5, 0.6) is 0 Å². The lowest BCUT2D eigenvalue weighted by atomic mass is 9.93. The molecule has 1 amide bonds. The third-order valence-electron chi connectivity index (χ3n) is 3.74. The molecule has 1 saturated carbocycles. The van der Waals surface area contributed by atoms with Gasteiger partial charge in [0.1, 0.15) is 0 Å². The molecule has 0 aromatic heterocycles. The molecule has 0 spiro atoms. The maximum Gasteiger partial charge on any atom is 0.225 e. The van der Waals surface area contributed by atoms with E-state index >= 15 is 0 Å². The first-order valence-electron chi connectivity index (χ1n) is 7.32. The molecule has 0 N–H and O–H groups in total. The van der Waals surface area contributed by atoms with Gasteiger partial charge in [0, 0.05) is 18.5 Å². The summed E-state index contributed by atoms with van der Waals surface area (Å²) >= 11 is 0. The molecular weight excluding hydrogens is 210 g/mol. The van der Waals surface area contributed by atoms with Crippen LogP contribution in [0.25, 0.3) is 0 Å². The average Bonchev–Trinajstić information content (AvgIpc) is 2.30. The highest BCUT2D eigenvalue weighted by atomic mass is 16.2.